The predicted molar refractivity (Wildman–Crippen MR) is 80.0 cm³/mol. The maximum absolute atomic E-state index is 13.7. The van der Waals surface area contributed by atoms with Crippen LogP contribution in [0.2, 0.25) is 0 Å². The van der Waals surface area contributed by atoms with Gasteiger partial charge in [-0.1, -0.05) is 0 Å². The summed E-state index contributed by atoms with van der Waals surface area (Å²) in [5.74, 6) is -2.55. The second-order valence-electron chi connectivity index (χ2n) is 7.48. The van der Waals surface area contributed by atoms with E-state index in [1.807, 2.05) is 0 Å². The van der Waals surface area contributed by atoms with E-state index in [4.69, 9.17) is 4.74 Å². The van der Waals surface area contributed by atoms with Gasteiger partial charge in [-0.25, -0.2) is 8.78 Å². The Balaban J connectivity index is 1.57. The molecule has 1 aliphatic carbocycles. The molecule has 1 saturated heterocycles. The number of aromatic nitrogens is 2. The Labute approximate surface area is 134 Å². The molecular weight excluding hydrogens is 302 g/mol. The minimum Gasteiger partial charge on any atom is -0.381 e. The molecule has 0 N–H and O–H groups in total. The fourth-order valence-electron chi connectivity index (χ4n) is 4.72. The number of ether oxygens (including phenoxy) is 1. The van der Waals surface area contributed by atoms with Gasteiger partial charge in [0.05, 0.1) is 13.0 Å². The Bertz CT molecular complexity index is 610. The highest BCUT2D eigenvalue weighted by Crippen LogP contribution is 2.49. The second kappa shape index (κ2) is 5.36. The molecule has 3 aliphatic rings. The maximum Gasteiger partial charge on any atom is 0.272 e. The molecule has 1 spiro atoms. The molecule has 4 rings (SSSR count). The molecule has 126 valence electrons. The molecule has 0 unspecified atom stereocenters. The number of aldehydes is 1. The average molecular weight is 324 g/mol. The zero-order valence-corrected chi connectivity index (χ0v) is 13.2. The molecule has 2 aliphatic heterocycles. The van der Waals surface area contributed by atoms with Crippen molar-refractivity contribution >= 4 is 6.29 Å². The van der Waals surface area contributed by atoms with E-state index in [0.717, 1.165) is 57.2 Å². The number of rotatable bonds is 2. The fraction of sp³-hybridized carbons (Fsp3) is 0.765. The van der Waals surface area contributed by atoms with Crippen LogP contribution in [0, 0.1) is 5.41 Å². The van der Waals surface area contributed by atoms with Crippen LogP contribution in [0.5, 0.6) is 0 Å². The third kappa shape index (κ3) is 2.61. The lowest BCUT2D eigenvalue weighted by Crippen LogP contribution is -2.35. The van der Waals surface area contributed by atoms with Gasteiger partial charge in [-0.3, -0.25) is 9.48 Å². The highest BCUT2D eigenvalue weighted by molar-refractivity contribution is 5.75. The highest BCUT2D eigenvalue weighted by Gasteiger charge is 2.44. The van der Waals surface area contributed by atoms with Crippen molar-refractivity contribution in [3.05, 3.63) is 17.0 Å². The first-order valence-electron chi connectivity index (χ1n) is 8.52. The summed E-state index contributed by atoms with van der Waals surface area (Å²) in [7, 11) is 0. The van der Waals surface area contributed by atoms with Crippen molar-refractivity contribution in [3.8, 4) is 0 Å². The standard InChI is InChI=1S/C17H22F2N2O2/c18-17(19)8-14-15(13(9-22)20-21(14)10-17)12-2-5-16(6-3-12)4-1-7-23-11-16/h9,12H,1-8,10-11H2. The summed E-state index contributed by atoms with van der Waals surface area (Å²) in [5.41, 5.74) is 2.02. The van der Waals surface area contributed by atoms with Crippen LogP contribution in [0.15, 0.2) is 0 Å². The molecule has 2 fully saturated rings. The molecule has 0 aromatic carbocycles. The van der Waals surface area contributed by atoms with Crippen molar-refractivity contribution in [3.63, 3.8) is 0 Å². The van der Waals surface area contributed by atoms with E-state index in [0.29, 0.717) is 11.4 Å². The Morgan fingerprint density at radius 3 is 2.70 bits per heavy atom. The summed E-state index contributed by atoms with van der Waals surface area (Å²) in [5, 5.41) is 4.13. The summed E-state index contributed by atoms with van der Waals surface area (Å²) in [6, 6.07) is 0. The van der Waals surface area contributed by atoms with Crippen LogP contribution in [0.3, 0.4) is 0 Å². The third-order valence-corrected chi connectivity index (χ3v) is 5.90. The van der Waals surface area contributed by atoms with Crippen LogP contribution in [-0.4, -0.2) is 35.2 Å². The lowest BCUT2D eigenvalue weighted by atomic mass is 9.66. The van der Waals surface area contributed by atoms with Crippen molar-refractivity contribution in [2.24, 2.45) is 5.41 Å². The quantitative estimate of drug-likeness (QED) is 0.784. The molecule has 0 radical (unpaired) electrons. The molecular formula is C17H22F2N2O2. The van der Waals surface area contributed by atoms with E-state index in [2.05, 4.69) is 5.10 Å². The van der Waals surface area contributed by atoms with Gasteiger partial charge in [-0.15, -0.1) is 0 Å². The van der Waals surface area contributed by atoms with E-state index in [1.54, 1.807) is 0 Å². The van der Waals surface area contributed by atoms with Crippen LogP contribution < -0.4 is 0 Å². The van der Waals surface area contributed by atoms with Gasteiger partial charge in [-0.2, -0.15) is 5.10 Å². The Morgan fingerprint density at radius 2 is 2.04 bits per heavy atom. The average Bonchev–Trinajstić information content (AvgIpc) is 3.00. The second-order valence-corrected chi connectivity index (χ2v) is 7.48. The maximum atomic E-state index is 13.7. The number of nitrogens with zero attached hydrogens (tertiary/aromatic N) is 2. The van der Waals surface area contributed by atoms with Gasteiger partial charge < -0.3 is 4.74 Å². The highest BCUT2D eigenvalue weighted by atomic mass is 19.3. The van der Waals surface area contributed by atoms with Crippen LogP contribution >= 0.6 is 0 Å². The van der Waals surface area contributed by atoms with Crippen molar-refractivity contribution in [1.82, 2.24) is 9.78 Å². The van der Waals surface area contributed by atoms with Crippen LogP contribution in [-0.2, 0) is 17.7 Å². The Morgan fingerprint density at radius 1 is 1.26 bits per heavy atom. The molecule has 23 heavy (non-hydrogen) atoms. The molecule has 0 bridgehead atoms. The van der Waals surface area contributed by atoms with E-state index in [9.17, 15) is 13.6 Å². The van der Waals surface area contributed by atoms with Crippen molar-refractivity contribution in [2.75, 3.05) is 13.2 Å². The number of halogens is 2. The van der Waals surface area contributed by atoms with Gasteiger partial charge in [0, 0.05) is 17.9 Å². The summed E-state index contributed by atoms with van der Waals surface area (Å²) in [6.07, 6.45) is 6.74. The van der Waals surface area contributed by atoms with Crippen molar-refractivity contribution in [2.45, 2.75) is 63.3 Å². The van der Waals surface area contributed by atoms with Gasteiger partial charge in [0.25, 0.3) is 5.92 Å². The van der Waals surface area contributed by atoms with Gasteiger partial charge in [0.1, 0.15) is 12.2 Å². The SMILES string of the molecule is O=Cc1nn2c(c1C1CCC3(CCCOC3)CC1)CC(F)(F)C2. The van der Waals surface area contributed by atoms with Gasteiger partial charge in [-0.05, 0) is 49.9 Å². The smallest absolute Gasteiger partial charge is 0.272 e. The van der Waals surface area contributed by atoms with E-state index in [-0.39, 0.29) is 17.8 Å². The van der Waals surface area contributed by atoms with Crippen LogP contribution in [0.25, 0.3) is 0 Å². The monoisotopic (exact) mass is 324 g/mol. The Kier molecular flexibility index (Phi) is 3.55. The summed E-state index contributed by atoms with van der Waals surface area (Å²) < 4.78 is 34.4. The third-order valence-electron chi connectivity index (χ3n) is 5.90. The summed E-state index contributed by atoms with van der Waals surface area (Å²) in [6.45, 7) is 1.28. The van der Waals surface area contributed by atoms with Crippen LogP contribution in [0.4, 0.5) is 8.78 Å². The molecule has 6 heteroatoms. The molecule has 0 atom stereocenters. The minimum atomic E-state index is -2.73. The number of alkyl halides is 2. The number of hydrogen-bond donors (Lipinski definition) is 0. The van der Waals surface area contributed by atoms with Crippen molar-refractivity contribution in [1.29, 1.82) is 0 Å². The summed E-state index contributed by atoms with van der Waals surface area (Å²) >= 11 is 0. The minimum absolute atomic E-state index is 0.181. The molecule has 1 saturated carbocycles. The lowest BCUT2D eigenvalue weighted by molar-refractivity contribution is -0.0309. The molecule has 3 heterocycles. The molecule has 0 amide bonds. The molecule has 1 aromatic heterocycles. The number of hydrogen-bond acceptors (Lipinski definition) is 3. The summed E-state index contributed by atoms with van der Waals surface area (Å²) in [4.78, 5) is 11.3. The first kappa shape index (κ1) is 15.2. The fourth-order valence-corrected chi connectivity index (χ4v) is 4.72. The molecule has 4 nitrogen and oxygen atoms in total. The zero-order valence-electron chi connectivity index (χ0n) is 13.2. The number of carbonyl (C=O) groups excluding carboxylic acids is 1. The van der Waals surface area contributed by atoms with Crippen molar-refractivity contribution < 1.29 is 18.3 Å². The molecule has 1 aromatic rings. The topological polar surface area (TPSA) is 44.1 Å². The number of fused-ring (bicyclic) bond motifs is 1. The first-order valence-corrected chi connectivity index (χ1v) is 8.52. The predicted octanol–water partition coefficient (Wildman–Crippen LogP) is 3.34. The van der Waals surface area contributed by atoms with E-state index >= 15 is 0 Å². The van der Waals surface area contributed by atoms with E-state index in [1.165, 1.54) is 11.1 Å². The normalized spacial score (nSPS) is 32.9. The lowest BCUT2D eigenvalue weighted by Gasteiger charge is -2.42. The van der Waals surface area contributed by atoms with Gasteiger partial charge in [0.2, 0.25) is 0 Å². The van der Waals surface area contributed by atoms with Gasteiger partial charge >= 0.3 is 0 Å². The Hall–Kier alpha value is -1.30. The number of carbonyl (C=O) groups is 1. The van der Waals surface area contributed by atoms with Gasteiger partial charge in [0.15, 0.2) is 6.29 Å². The van der Waals surface area contributed by atoms with Crippen LogP contribution in [0.1, 0.15) is 66.2 Å². The largest absolute Gasteiger partial charge is 0.381 e. The first-order chi connectivity index (χ1) is 11.0. The zero-order chi connectivity index (χ0) is 16.1. The van der Waals surface area contributed by atoms with E-state index < -0.39 is 12.5 Å².